The van der Waals surface area contributed by atoms with Gasteiger partial charge >= 0.3 is 12.2 Å². The van der Waals surface area contributed by atoms with Gasteiger partial charge in [0.15, 0.2) is 11.5 Å². The van der Waals surface area contributed by atoms with E-state index in [-0.39, 0.29) is 23.7 Å². The van der Waals surface area contributed by atoms with Gasteiger partial charge in [-0.2, -0.15) is 17.6 Å². The van der Waals surface area contributed by atoms with E-state index in [1.165, 1.54) is 12.1 Å². The molecule has 1 saturated carbocycles. The lowest BCUT2D eigenvalue weighted by Crippen LogP contribution is -2.52. The van der Waals surface area contributed by atoms with Crippen LogP contribution in [0, 0.1) is 5.82 Å². The molecule has 0 amide bonds. The molecule has 5 nitrogen and oxygen atoms in total. The summed E-state index contributed by atoms with van der Waals surface area (Å²) in [6.45, 7) is 0.331. The van der Waals surface area contributed by atoms with E-state index < -0.39 is 23.7 Å². The minimum atomic E-state index is -4.78. The number of hydrogen-bond acceptors (Lipinski definition) is 5. The van der Waals surface area contributed by atoms with Gasteiger partial charge in [0, 0.05) is 42.0 Å². The third-order valence-corrected chi connectivity index (χ3v) is 5.57. The van der Waals surface area contributed by atoms with Crippen molar-refractivity contribution in [1.82, 2.24) is 10.3 Å². The molecule has 0 atom stereocenters. The van der Waals surface area contributed by atoms with Gasteiger partial charge in [-0.3, -0.25) is 4.98 Å². The quantitative estimate of drug-likeness (QED) is 0.551. The number of hydrogen-bond donors (Lipinski definition) is 1. The van der Waals surface area contributed by atoms with E-state index >= 15 is 0 Å². The van der Waals surface area contributed by atoms with Crippen molar-refractivity contribution < 1.29 is 36.2 Å². The highest BCUT2D eigenvalue weighted by Gasteiger charge is 2.66. The maximum atomic E-state index is 14.3. The number of halogens is 5. The summed E-state index contributed by atoms with van der Waals surface area (Å²) < 4.78 is 81.4. The first-order valence-electron chi connectivity index (χ1n) is 9.91. The van der Waals surface area contributed by atoms with Crippen molar-refractivity contribution in [2.75, 3.05) is 0 Å². The molecule has 1 N–H and O–H groups in total. The van der Waals surface area contributed by atoms with E-state index in [0.29, 0.717) is 24.9 Å². The number of pyridine rings is 1. The van der Waals surface area contributed by atoms with Crippen molar-refractivity contribution in [3.05, 3.63) is 60.2 Å². The first kappa shape index (κ1) is 20.7. The van der Waals surface area contributed by atoms with Crippen LogP contribution in [0.25, 0.3) is 10.8 Å². The highest BCUT2D eigenvalue weighted by Crippen LogP contribution is 2.48. The second-order valence-corrected chi connectivity index (χ2v) is 7.76. The molecule has 1 aliphatic heterocycles. The smallest absolute Gasteiger partial charge is 0.490 e. The van der Waals surface area contributed by atoms with Crippen LogP contribution in [0.1, 0.15) is 18.4 Å². The Bertz CT molecular complexity index is 1170. The molecular formula is C22H17F5N2O3. The second kappa shape index (κ2) is 7.47. The summed E-state index contributed by atoms with van der Waals surface area (Å²) in [5.74, 6) is -1.12. The summed E-state index contributed by atoms with van der Waals surface area (Å²) in [5.41, 5.74) is 0.554. The van der Waals surface area contributed by atoms with Gasteiger partial charge in [0.25, 0.3) is 0 Å². The Kier molecular flexibility index (Phi) is 4.85. The van der Waals surface area contributed by atoms with Crippen molar-refractivity contribution in [3.8, 4) is 17.2 Å². The topological polar surface area (TPSA) is 52.6 Å². The molecule has 32 heavy (non-hydrogen) atoms. The Labute approximate surface area is 179 Å². The minimum absolute atomic E-state index is 0.0803. The first-order valence-corrected chi connectivity index (χ1v) is 9.91. The van der Waals surface area contributed by atoms with E-state index in [4.69, 9.17) is 4.74 Å². The SMILES string of the molecule is Fc1ccc2cnccc2c1CN[C@H]1C[C@H](Oc2ccc3c(c2)OC(F)(F)C(F)(F)O3)C1. The molecule has 1 fully saturated rings. The number of benzene rings is 2. The van der Waals surface area contributed by atoms with Crippen LogP contribution in [0.5, 0.6) is 17.2 Å². The average molecular weight is 452 g/mol. The molecule has 10 heteroatoms. The lowest BCUT2D eigenvalue weighted by atomic mass is 9.89. The standard InChI is InChI=1S/C22H17F5N2O3/c23-18-3-1-12-10-28-6-5-16(12)17(18)11-29-13-7-15(8-13)30-14-2-4-19-20(9-14)32-22(26,27)21(24,25)31-19/h1-6,9-10,13,15,29H,7-8,11H2/t13-,15-. The number of ether oxygens (including phenoxy) is 3. The Hall–Kier alpha value is -3.14. The van der Waals surface area contributed by atoms with Crippen molar-refractivity contribution in [2.24, 2.45) is 0 Å². The number of alkyl halides is 4. The molecule has 168 valence electrons. The molecule has 0 radical (unpaired) electrons. The van der Waals surface area contributed by atoms with Crippen LogP contribution < -0.4 is 19.5 Å². The van der Waals surface area contributed by atoms with Crippen LogP contribution in [-0.4, -0.2) is 29.3 Å². The van der Waals surface area contributed by atoms with E-state index in [2.05, 4.69) is 19.8 Å². The van der Waals surface area contributed by atoms with Gasteiger partial charge in [0.1, 0.15) is 17.7 Å². The molecule has 0 unspecified atom stereocenters. The van der Waals surface area contributed by atoms with Gasteiger partial charge in [0.2, 0.25) is 0 Å². The summed E-state index contributed by atoms with van der Waals surface area (Å²) in [5, 5.41) is 4.93. The lowest BCUT2D eigenvalue weighted by Gasteiger charge is -2.36. The fourth-order valence-corrected chi connectivity index (χ4v) is 3.77. The Morgan fingerprint density at radius 3 is 2.53 bits per heavy atom. The van der Waals surface area contributed by atoms with Crippen LogP contribution in [0.2, 0.25) is 0 Å². The van der Waals surface area contributed by atoms with Gasteiger partial charge in [-0.1, -0.05) is 0 Å². The molecule has 0 bridgehead atoms. The van der Waals surface area contributed by atoms with E-state index in [1.54, 1.807) is 24.5 Å². The zero-order valence-corrected chi connectivity index (χ0v) is 16.5. The van der Waals surface area contributed by atoms with Crippen LogP contribution in [0.4, 0.5) is 22.0 Å². The molecule has 5 rings (SSSR count). The van der Waals surface area contributed by atoms with Crippen LogP contribution in [0.3, 0.4) is 0 Å². The predicted octanol–water partition coefficient (Wildman–Crippen LogP) is 5.03. The van der Waals surface area contributed by atoms with Crippen molar-refractivity contribution in [1.29, 1.82) is 0 Å². The van der Waals surface area contributed by atoms with E-state index in [1.807, 2.05) is 0 Å². The number of rotatable bonds is 5. The third kappa shape index (κ3) is 3.68. The minimum Gasteiger partial charge on any atom is -0.490 e. The normalized spacial score (nSPS) is 22.9. The number of nitrogens with one attached hydrogen (secondary N) is 1. The molecule has 2 heterocycles. The molecule has 1 aliphatic carbocycles. The average Bonchev–Trinajstić information content (AvgIpc) is 2.71. The molecule has 1 aromatic heterocycles. The molecule has 2 aromatic carbocycles. The largest absolute Gasteiger partial charge is 0.507 e. The summed E-state index contributed by atoms with van der Waals surface area (Å²) in [4.78, 5) is 4.04. The van der Waals surface area contributed by atoms with Gasteiger partial charge in [0.05, 0.1) is 0 Å². The fourth-order valence-electron chi connectivity index (χ4n) is 3.77. The maximum absolute atomic E-state index is 14.3. The fraction of sp³-hybridized carbons (Fsp3) is 0.318. The van der Waals surface area contributed by atoms with Gasteiger partial charge in [-0.25, -0.2) is 4.39 Å². The van der Waals surface area contributed by atoms with E-state index in [0.717, 1.165) is 22.9 Å². The number of fused-ring (bicyclic) bond motifs is 2. The highest BCUT2D eigenvalue weighted by atomic mass is 19.3. The summed E-state index contributed by atoms with van der Waals surface area (Å²) in [6, 6.07) is 8.48. The summed E-state index contributed by atoms with van der Waals surface area (Å²) in [6.07, 6.45) is -5.24. The van der Waals surface area contributed by atoms with Crippen molar-refractivity contribution in [3.63, 3.8) is 0 Å². The molecule has 2 aliphatic rings. The van der Waals surface area contributed by atoms with Crippen molar-refractivity contribution in [2.45, 2.75) is 43.7 Å². The van der Waals surface area contributed by atoms with Gasteiger partial charge < -0.3 is 19.5 Å². The highest BCUT2D eigenvalue weighted by molar-refractivity contribution is 5.84. The molecular weight excluding hydrogens is 435 g/mol. The van der Waals surface area contributed by atoms with Crippen LogP contribution in [0.15, 0.2) is 48.8 Å². The lowest BCUT2D eigenvalue weighted by molar-refractivity contribution is -0.391. The molecule has 3 aromatic rings. The molecule has 0 saturated heterocycles. The Balaban J connectivity index is 1.18. The monoisotopic (exact) mass is 452 g/mol. The second-order valence-electron chi connectivity index (χ2n) is 7.76. The Morgan fingerprint density at radius 2 is 1.75 bits per heavy atom. The first-order chi connectivity index (χ1) is 15.2. The van der Waals surface area contributed by atoms with Gasteiger partial charge in [-0.15, -0.1) is 0 Å². The van der Waals surface area contributed by atoms with Gasteiger partial charge in [-0.05, 0) is 48.6 Å². The summed E-state index contributed by atoms with van der Waals surface area (Å²) >= 11 is 0. The van der Waals surface area contributed by atoms with Crippen LogP contribution >= 0.6 is 0 Å². The third-order valence-electron chi connectivity index (χ3n) is 5.57. The Morgan fingerprint density at radius 1 is 1.00 bits per heavy atom. The van der Waals surface area contributed by atoms with E-state index in [9.17, 15) is 22.0 Å². The summed E-state index contributed by atoms with van der Waals surface area (Å²) in [7, 11) is 0. The number of nitrogens with zero attached hydrogens (tertiary/aromatic N) is 1. The maximum Gasteiger partial charge on any atom is 0.507 e. The zero-order valence-electron chi connectivity index (χ0n) is 16.5. The predicted molar refractivity (Wildman–Crippen MR) is 104 cm³/mol. The van der Waals surface area contributed by atoms with Crippen LogP contribution in [-0.2, 0) is 6.54 Å². The zero-order chi connectivity index (χ0) is 22.5. The molecule has 0 spiro atoms. The number of aromatic nitrogens is 1. The van der Waals surface area contributed by atoms with Crippen molar-refractivity contribution >= 4 is 10.8 Å².